The van der Waals surface area contributed by atoms with Crippen LogP contribution in [0.25, 0.3) is 5.69 Å². The monoisotopic (exact) mass is 252 g/mol. The van der Waals surface area contributed by atoms with Crippen molar-refractivity contribution in [3.63, 3.8) is 0 Å². The molecule has 94 valence electrons. The summed E-state index contributed by atoms with van der Waals surface area (Å²) in [5.41, 5.74) is 0.0147. The Morgan fingerprint density at radius 3 is 2.78 bits per heavy atom. The molecule has 0 amide bonds. The summed E-state index contributed by atoms with van der Waals surface area (Å²) in [6.45, 7) is 1.52. The second kappa shape index (κ2) is 4.49. The number of benzene rings is 1. The van der Waals surface area contributed by atoms with Crippen LogP contribution in [0.15, 0.2) is 24.4 Å². The van der Waals surface area contributed by atoms with Gasteiger partial charge in [-0.15, -0.1) is 5.10 Å². The quantitative estimate of drug-likeness (QED) is 0.657. The molecule has 0 fully saturated rings. The highest BCUT2D eigenvalue weighted by molar-refractivity contribution is 5.41. The zero-order chi connectivity index (χ0) is 13.3. The summed E-state index contributed by atoms with van der Waals surface area (Å²) in [4.78, 5) is 9.66. The highest BCUT2D eigenvalue weighted by Crippen LogP contribution is 2.20. The van der Waals surface area contributed by atoms with Crippen molar-refractivity contribution in [2.75, 3.05) is 0 Å². The Hall–Kier alpha value is -2.35. The van der Waals surface area contributed by atoms with Gasteiger partial charge in [0.15, 0.2) is 0 Å². The topological polar surface area (TPSA) is 94.1 Å². The molecule has 2 rings (SSSR count). The Labute approximate surface area is 101 Å². The smallest absolute Gasteiger partial charge is 0.304 e. The molecule has 0 bridgehead atoms. The first-order chi connectivity index (χ1) is 8.49. The molecular formula is C10H9FN4O3. The molecule has 0 spiro atoms. The third kappa shape index (κ3) is 2.18. The lowest BCUT2D eigenvalue weighted by molar-refractivity contribution is -0.387. The fraction of sp³-hybridized carbons (Fsp3) is 0.200. The Morgan fingerprint density at radius 2 is 2.28 bits per heavy atom. The molecular weight excluding hydrogens is 243 g/mol. The summed E-state index contributed by atoms with van der Waals surface area (Å²) in [5.74, 6) is -0.952. The van der Waals surface area contributed by atoms with Gasteiger partial charge in [0.25, 0.3) is 0 Å². The summed E-state index contributed by atoms with van der Waals surface area (Å²) in [7, 11) is 0. The number of aliphatic hydroxyl groups is 1. The van der Waals surface area contributed by atoms with Gasteiger partial charge >= 0.3 is 5.69 Å². The minimum atomic E-state index is -0.952. The van der Waals surface area contributed by atoms with E-state index in [1.54, 1.807) is 0 Å². The third-order valence-electron chi connectivity index (χ3n) is 2.33. The van der Waals surface area contributed by atoms with Crippen LogP contribution in [0.3, 0.4) is 0 Å². The molecule has 0 radical (unpaired) electrons. The van der Waals surface area contributed by atoms with Crippen molar-refractivity contribution < 1.29 is 14.4 Å². The van der Waals surface area contributed by atoms with Gasteiger partial charge in [0.1, 0.15) is 5.69 Å². The lowest BCUT2D eigenvalue weighted by Gasteiger charge is -2.00. The van der Waals surface area contributed by atoms with Crippen LogP contribution in [0.1, 0.15) is 18.7 Å². The zero-order valence-corrected chi connectivity index (χ0v) is 9.32. The molecule has 1 aromatic carbocycles. The van der Waals surface area contributed by atoms with Gasteiger partial charge in [-0.2, -0.15) is 4.39 Å². The minimum absolute atomic E-state index is 0.289. The van der Waals surface area contributed by atoms with Crippen LogP contribution < -0.4 is 0 Å². The molecule has 1 atom stereocenters. The van der Waals surface area contributed by atoms with Crippen LogP contribution in [0.4, 0.5) is 10.1 Å². The van der Waals surface area contributed by atoms with Gasteiger partial charge in [0.05, 0.1) is 22.9 Å². The van der Waals surface area contributed by atoms with E-state index in [9.17, 15) is 19.6 Å². The van der Waals surface area contributed by atoms with Crippen LogP contribution >= 0.6 is 0 Å². The van der Waals surface area contributed by atoms with E-state index in [4.69, 9.17) is 0 Å². The molecule has 0 aliphatic rings. The zero-order valence-electron chi connectivity index (χ0n) is 9.32. The Morgan fingerprint density at radius 1 is 1.56 bits per heavy atom. The first-order valence-corrected chi connectivity index (χ1v) is 5.03. The molecule has 8 heteroatoms. The van der Waals surface area contributed by atoms with Crippen LogP contribution in [-0.2, 0) is 0 Å². The van der Waals surface area contributed by atoms with Gasteiger partial charge in [-0.05, 0) is 13.0 Å². The van der Waals surface area contributed by atoms with Crippen LogP contribution in [-0.4, -0.2) is 25.0 Å². The van der Waals surface area contributed by atoms with Gasteiger partial charge in [0.2, 0.25) is 5.82 Å². The molecule has 2 aromatic rings. The van der Waals surface area contributed by atoms with Crippen LogP contribution in [0, 0.1) is 15.9 Å². The van der Waals surface area contributed by atoms with Gasteiger partial charge in [-0.3, -0.25) is 10.1 Å². The minimum Gasteiger partial charge on any atom is -0.387 e. The van der Waals surface area contributed by atoms with E-state index in [0.717, 1.165) is 12.1 Å². The first kappa shape index (κ1) is 12.1. The number of hydrogen-bond acceptors (Lipinski definition) is 5. The molecule has 0 aliphatic heterocycles. The Bertz CT molecular complexity index is 597. The standard InChI is InChI=1S/C10H9FN4O3/c1-6(16)9-5-14(13-12-9)7-2-3-10(15(17)18)8(11)4-7/h2-6,16H,1H3. The average molecular weight is 252 g/mol. The second-order valence-corrected chi connectivity index (χ2v) is 3.66. The summed E-state index contributed by atoms with van der Waals surface area (Å²) < 4.78 is 14.6. The molecule has 7 nitrogen and oxygen atoms in total. The predicted molar refractivity (Wildman–Crippen MR) is 58.6 cm³/mol. The van der Waals surface area contributed by atoms with E-state index in [1.165, 1.54) is 23.9 Å². The van der Waals surface area contributed by atoms with Gasteiger partial charge in [0, 0.05) is 12.1 Å². The molecule has 0 saturated heterocycles. The number of nitrogens with zero attached hydrogens (tertiary/aromatic N) is 4. The summed E-state index contributed by atoms with van der Waals surface area (Å²) in [5, 5.41) is 27.1. The number of nitro groups is 1. The van der Waals surface area contributed by atoms with E-state index >= 15 is 0 Å². The average Bonchev–Trinajstić information content (AvgIpc) is 2.77. The van der Waals surface area contributed by atoms with Gasteiger partial charge in [-0.1, -0.05) is 5.21 Å². The lowest BCUT2D eigenvalue weighted by atomic mass is 10.2. The molecule has 1 aromatic heterocycles. The second-order valence-electron chi connectivity index (χ2n) is 3.66. The fourth-order valence-electron chi connectivity index (χ4n) is 1.38. The van der Waals surface area contributed by atoms with E-state index in [2.05, 4.69) is 10.3 Å². The van der Waals surface area contributed by atoms with Gasteiger partial charge in [-0.25, -0.2) is 4.68 Å². The van der Waals surface area contributed by atoms with Crippen LogP contribution in [0.2, 0.25) is 0 Å². The van der Waals surface area contributed by atoms with Crippen molar-refractivity contribution in [3.8, 4) is 5.69 Å². The SMILES string of the molecule is CC(O)c1cn(-c2ccc([N+](=O)[O-])c(F)c2)nn1. The lowest BCUT2D eigenvalue weighted by Crippen LogP contribution is -1.98. The molecule has 1 heterocycles. The highest BCUT2D eigenvalue weighted by Gasteiger charge is 2.15. The molecule has 0 saturated carbocycles. The normalized spacial score (nSPS) is 12.4. The maximum atomic E-state index is 13.4. The number of nitro benzene ring substituents is 1. The number of hydrogen-bond donors (Lipinski definition) is 1. The number of aliphatic hydroxyl groups excluding tert-OH is 1. The van der Waals surface area contributed by atoms with Crippen molar-refractivity contribution in [3.05, 3.63) is 46.0 Å². The van der Waals surface area contributed by atoms with Crippen molar-refractivity contribution >= 4 is 5.69 Å². The summed E-state index contributed by atoms with van der Waals surface area (Å²) in [6, 6.07) is 3.38. The van der Waals surface area contributed by atoms with Crippen molar-refractivity contribution in [1.29, 1.82) is 0 Å². The van der Waals surface area contributed by atoms with E-state index in [-0.39, 0.29) is 5.69 Å². The van der Waals surface area contributed by atoms with Crippen molar-refractivity contribution in [2.45, 2.75) is 13.0 Å². The maximum Gasteiger partial charge on any atom is 0.304 e. The summed E-state index contributed by atoms with van der Waals surface area (Å²) >= 11 is 0. The number of aromatic nitrogens is 3. The first-order valence-electron chi connectivity index (χ1n) is 5.03. The predicted octanol–water partition coefficient (Wildman–Crippen LogP) is 1.37. The molecule has 1 unspecified atom stereocenters. The highest BCUT2D eigenvalue weighted by atomic mass is 19.1. The number of halogens is 1. The third-order valence-corrected chi connectivity index (χ3v) is 2.33. The van der Waals surface area contributed by atoms with Crippen molar-refractivity contribution in [2.24, 2.45) is 0 Å². The molecule has 18 heavy (non-hydrogen) atoms. The Kier molecular flexibility index (Phi) is 3.02. The van der Waals surface area contributed by atoms with E-state index in [0.29, 0.717) is 5.69 Å². The fourth-order valence-corrected chi connectivity index (χ4v) is 1.38. The van der Waals surface area contributed by atoms with E-state index < -0.39 is 22.5 Å². The summed E-state index contributed by atoms with van der Waals surface area (Å²) in [6.07, 6.45) is 0.632. The van der Waals surface area contributed by atoms with Crippen molar-refractivity contribution in [1.82, 2.24) is 15.0 Å². The van der Waals surface area contributed by atoms with E-state index in [1.807, 2.05) is 0 Å². The molecule has 1 N–H and O–H groups in total. The largest absolute Gasteiger partial charge is 0.387 e. The van der Waals surface area contributed by atoms with Gasteiger partial charge < -0.3 is 5.11 Å². The number of rotatable bonds is 3. The maximum absolute atomic E-state index is 13.4. The molecule has 0 aliphatic carbocycles. The Balaban J connectivity index is 2.39. The van der Waals surface area contributed by atoms with Crippen LogP contribution in [0.5, 0.6) is 0 Å².